The highest BCUT2D eigenvalue weighted by atomic mass is 35.5. The van der Waals surface area contributed by atoms with Crippen LogP contribution in [0.2, 0.25) is 5.02 Å². The summed E-state index contributed by atoms with van der Waals surface area (Å²) in [7, 11) is 0. The van der Waals surface area contributed by atoms with E-state index in [4.69, 9.17) is 21.1 Å². The van der Waals surface area contributed by atoms with Crippen molar-refractivity contribution in [3.8, 4) is 5.75 Å². The number of aliphatic hydroxyl groups is 3. The fraction of sp³-hybridized carbons (Fsp3) is 0.429. The lowest BCUT2D eigenvalue weighted by atomic mass is 9.90. The largest absolute Gasteiger partial charge is 0.494 e. The van der Waals surface area contributed by atoms with Gasteiger partial charge in [-0.15, -0.1) is 0 Å². The zero-order chi connectivity index (χ0) is 20.3. The Morgan fingerprint density at radius 2 is 1.82 bits per heavy atom. The minimum Gasteiger partial charge on any atom is -0.494 e. The number of hydrogen-bond acceptors (Lipinski definition) is 5. The summed E-state index contributed by atoms with van der Waals surface area (Å²) in [6.07, 6.45) is -6.56. The van der Waals surface area contributed by atoms with Crippen molar-refractivity contribution in [3.63, 3.8) is 0 Å². The highest BCUT2D eigenvalue weighted by Gasteiger charge is 2.45. The molecule has 1 heterocycles. The Morgan fingerprint density at radius 1 is 1.11 bits per heavy atom. The monoisotopic (exact) mass is 409 g/mol. The molecule has 0 aromatic heterocycles. The van der Waals surface area contributed by atoms with Gasteiger partial charge in [-0.25, -0.2) is 4.39 Å². The fourth-order valence-corrected chi connectivity index (χ4v) is 3.53. The molecule has 7 heteroatoms. The Kier molecular flexibility index (Phi) is 6.91. The van der Waals surface area contributed by atoms with E-state index < -0.39 is 37.2 Å². The maximum Gasteiger partial charge on any atom is 0.157 e. The summed E-state index contributed by atoms with van der Waals surface area (Å²) >= 11 is 6.33. The van der Waals surface area contributed by atoms with Crippen LogP contribution in [0.1, 0.15) is 29.7 Å². The Hall–Kier alpha value is -1.70. The van der Waals surface area contributed by atoms with Crippen molar-refractivity contribution in [1.82, 2.24) is 0 Å². The lowest BCUT2D eigenvalue weighted by molar-refractivity contribution is -0.214. The van der Waals surface area contributed by atoms with Gasteiger partial charge in [0.15, 0.2) is 6.17 Å². The van der Waals surface area contributed by atoms with Crippen LogP contribution in [0.3, 0.4) is 0 Å². The number of alkyl halides is 1. The molecule has 0 bridgehead atoms. The molecular formula is C21H24ClFO5. The topological polar surface area (TPSA) is 79.2 Å². The number of ether oxygens (including phenoxy) is 2. The van der Waals surface area contributed by atoms with E-state index >= 15 is 0 Å². The quantitative estimate of drug-likeness (QED) is 0.683. The molecule has 5 nitrogen and oxygen atoms in total. The van der Waals surface area contributed by atoms with E-state index in [9.17, 15) is 19.7 Å². The molecule has 1 aliphatic heterocycles. The van der Waals surface area contributed by atoms with Crippen LogP contribution in [0.4, 0.5) is 4.39 Å². The van der Waals surface area contributed by atoms with Gasteiger partial charge in [0.1, 0.15) is 30.2 Å². The van der Waals surface area contributed by atoms with Crippen LogP contribution in [-0.4, -0.2) is 53.0 Å². The molecule has 0 amide bonds. The van der Waals surface area contributed by atoms with Gasteiger partial charge in [-0.1, -0.05) is 35.9 Å². The first-order valence-electron chi connectivity index (χ1n) is 9.21. The zero-order valence-corrected chi connectivity index (χ0v) is 16.2. The molecule has 5 atom stereocenters. The van der Waals surface area contributed by atoms with E-state index in [1.165, 1.54) is 0 Å². The van der Waals surface area contributed by atoms with Crippen LogP contribution < -0.4 is 4.74 Å². The first-order chi connectivity index (χ1) is 13.4. The van der Waals surface area contributed by atoms with Crippen LogP contribution in [0.5, 0.6) is 5.75 Å². The fourth-order valence-electron chi connectivity index (χ4n) is 3.35. The molecule has 2 unspecified atom stereocenters. The summed E-state index contributed by atoms with van der Waals surface area (Å²) in [5, 5.41) is 30.1. The van der Waals surface area contributed by atoms with E-state index in [1.54, 1.807) is 18.2 Å². The predicted octanol–water partition coefficient (Wildman–Crippen LogP) is 2.82. The van der Waals surface area contributed by atoms with Gasteiger partial charge in [0.25, 0.3) is 0 Å². The molecule has 0 radical (unpaired) electrons. The molecule has 0 aliphatic carbocycles. The molecule has 0 saturated carbocycles. The third kappa shape index (κ3) is 4.47. The normalized spacial score (nSPS) is 27.6. The van der Waals surface area contributed by atoms with Gasteiger partial charge in [-0.2, -0.15) is 0 Å². The smallest absolute Gasteiger partial charge is 0.157 e. The van der Waals surface area contributed by atoms with Gasteiger partial charge < -0.3 is 24.8 Å². The van der Waals surface area contributed by atoms with Crippen LogP contribution in [0.25, 0.3) is 0 Å². The standard InChI is InChI=1S/C21H24ClFO5/c1-2-27-15-6-3-12(4-7-15)9-14-10-13(5-8-16(14)22)21-20(26)19(25)18(23)17(11-24)28-21/h3-8,10,17-21,24-26H,2,9,11H2,1H3/t17?,18-,19+,20?,21+/m1/s1/i23-1. The first-order valence-corrected chi connectivity index (χ1v) is 9.59. The molecular weight excluding hydrogens is 386 g/mol. The van der Waals surface area contributed by atoms with Crippen LogP contribution in [-0.2, 0) is 11.2 Å². The van der Waals surface area contributed by atoms with E-state index in [0.29, 0.717) is 23.6 Å². The molecule has 3 N–H and O–H groups in total. The van der Waals surface area contributed by atoms with E-state index in [-0.39, 0.29) is 0 Å². The van der Waals surface area contributed by atoms with Gasteiger partial charge in [0.2, 0.25) is 0 Å². The Labute approximate surface area is 168 Å². The van der Waals surface area contributed by atoms with Gasteiger partial charge in [-0.3, -0.25) is 0 Å². The van der Waals surface area contributed by atoms with E-state index in [1.807, 2.05) is 31.2 Å². The Balaban J connectivity index is 1.82. The lowest BCUT2D eigenvalue weighted by Crippen LogP contribution is -2.53. The third-order valence-electron chi connectivity index (χ3n) is 4.87. The second-order valence-electron chi connectivity index (χ2n) is 6.81. The summed E-state index contributed by atoms with van der Waals surface area (Å²) in [5.41, 5.74) is 2.38. The molecule has 2 aromatic carbocycles. The van der Waals surface area contributed by atoms with Crippen molar-refractivity contribution in [2.24, 2.45) is 0 Å². The van der Waals surface area contributed by atoms with Crippen LogP contribution >= 0.6 is 11.6 Å². The lowest BCUT2D eigenvalue weighted by Gasteiger charge is -2.39. The molecule has 152 valence electrons. The summed E-state index contributed by atoms with van der Waals surface area (Å²) in [6, 6.07) is 12.8. The van der Waals surface area contributed by atoms with Crippen molar-refractivity contribution < 1.29 is 29.2 Å². The second kappa shape index (κ2) is 9.20. The molecule has 28 heavy (non-hydrogen) atoms. The first kappa shape index (κ1) is 21.0. The molecule has 1 aliphatic rings. The van der Waals surface area contributed by atoms with Gasteiger partial charge in [-0.05, 0) is 48.2 Å². The molecule has 3 rings (SSSR count). The SMILES string of the molecule is CCOc1ccc(Cc2cc([C@@H]3OC(CO)[C@@H]([18F])[C@H](O)C3O)ccc2Cl)cc1. The van der Waals surface area contributed by atoms with Gasteiger partial charge in [0, 0.05) is 5.02 Å². The number of halogens is 2. The number of rotatable bonds is 6. The molecule has 0 spiro atoms. The Morgan fingerprint density at radius 3 is 2.46 bits per heavy atom. The summed E-state index contributed by atoms with van der Waals surface area (Å²) in [4.78, 5) is 0. The van der Waals surface area contributed by atoms with Crippen molar-refractivity contribution in [2.75, 3.05) is 13.2 Å². The minimum atomic E-state index is -1.85. The van der Waals surface area contributed by atoms with Crippen molar-refractivity contribution in [2.45, 2.75) is 43.9 Å². The van der Waals surface area contributed by atoms with Crippen LogP contribution in [0, 0.1) is 0 Å². The van der Waals surface area contributed by atoms with Gasteiger partial charge in [0.05, 0.1) is 13.2 Å². The molecule has 1 saturated heterocycles. The number of hydrogen-bond donors (Lipinski definition) is 3. The van der Waals surface area contributed by atoms with Crippen molar-refractivity contribution in [3.05, 3.63) is 64.2 Å². The van der Waals surface area contributed by atoms with Gasteiger partial charge >= 0.3 is 0 Å². The molecule has 1 fully saturated rings. The maximum absolute atomic E-state index is 14.0. The van der Waals surface area contributed by atoms with E-state index in [0.717, 1.165) is 16.9 Å². The summed E-state index contributed by atoms with van der Waals surface area (Å²) < 4.78 is 24.9. The maximum atomic E-state index is 14.0. The highest BCUT2D eigenvalue weighted by molar-refractivity contribution is 6.31. The molecule has 2 aromatic rings. The third-order valence-corrected chi connectivity index (χ3v) is 5.24. The van der Waals surface area contributed by atoms with Crippen LogP contribution in [0.15, 0.2) is 42.5 Å². The number of aliphatic hydroxyl groups excluding tert-OH is 3. The average molecular weight is 410 g/mol. The average Bonchev–Trinajstić information content (AvgIpc) is 2.70. The number of benzene rings is 2. The van der Waals surface area contributed by atoms with Crippen molar-refractivity contribution >= 4 is 11.6 Å². The second-order valence-corrected chi connectivity index (χ2v) is 7.22. The van der Waals surface area contributed by atoms with Crippen molar-refractivity contribution in [1.29, 1.82) is 0 Å². The Bertz CT molecular complexity index is 783. The minimum absolute atomic E-state index is 0.541. The highest BCUT2D eigenvalue weighted by Crippen LogP contribution is 2.35. The summed E-state index contributed by atoms with van der Waals surface area (Å²) in [6.45, 7) is 1.93. The van der Waals surface area contributed by atoms with E-state index in [2.05, 4.69) is 0 Å². The predicted molar refractivity (Wildman–Crippen MR) is 103 cm³/mol. The zero-order valence-electron chi connectivity index (χ0n) is 15.5. The summed E-state index contributed by atoms with van der Waals surface area (Å²) in [5.74, 6) is 0.787.